The molecule has 2 aromatic heterocycles. The molecule has 15 heavy (non-hydrogen) atoms. The fourth-order valence-electron chi connectivity index (χ4n) is 1.64. The number of furan rings is 1. The van der Waals surface area contributed by atoms with E-state index in [-0.39, 0.29) is 0 Å². The van der Waals surface area contributed by atoms with Crippen LogP contribution in [0.5, 0.6) is 0 Å². The molecule has 3 rings (SSSR count). The van der Waals surface area contributed by atoms with Gasteiger partial charge in [0.25, 0.3) is 6.01 Å². The first-order chi connectivity index (χ1) is 7.36. The van der Waals surface area contributed by atoms with Gasteiger partial charge in [-0.1, -0.05) is 24.3 Å². The van der Waals surface area contributed by atoms with Crippen molar-refractivity contribution < 1.29 is 8.81 Å². The van der Waals surface area contributed by atoms with Gasteiger partial charge in [-0.25, -0.2) is 0 Å². The second-order valence-electron chi connectivity index (χ2n) is 3.23. The largest absolute Gasteiger partial charge is 0.429 e. The number of halogens is 1. The molecule has 0 N–H and O–H groups in total. The van der Waals surface area contributed by atoms with Crippen molar-refractivity contribution in [2.75, 3.05) is 0 Å². The third kappa shape index (κ3) is 1.27. The van der Waals surface area contributed by atoms with Gasteiger partial charge in [-0.3, -0.25) is 0 Å². The van der Waals surface area contributed by atoms with Crippen molar-refractivity contribution in [2.24, 2.45) is 0 Å². The molecule has 3 heteroatoms. The van der Waals surface area contributed by atoms with Crippen LogP contribution >= 0.6 is 11.3 Å². The molecule has 0 aliphatic rings. The average Bonchev–Trinajstić information content (AvgIpc) is 2.87. The van der Waals surface area contributed by atoms with E-state index < -0.39 is 6.01 Å². The molecular weight excluding hydrogens is 211 g/mol. The van der Waals surface area contributed by atoms with E-state index in [1.54, 1.807) is 23.5 Å². The summed E-state index contributed by atoms with van der Waals surface area (Å²) < 4.78 is 18.6. The Morgan fingerprint density at radius 3 is 2.53 bits per heavy atom. The normalized spacial score (nSPS) is 11.0. The van der Waals surface area contributed by atoms with E-state index in [4.69, 9.17) is 4.42 Å². The van der Waals surface area contributed by atoms with Gasteiger partial charge in [0.2, 0.25) is 0 Å². The average molecular weight is 218 g/mol. The molecule has 0 amide bonds. The Bertz CT molecular complexity index is 595. The highest BCUT2D eigenvalue weighted by atomic mass is 32.1. The zero-order valence-corrected chi connectivity index (χ0v) is 8.55. The van der Waals surface area contributed by atoms with E-state index in [1.165, 1.54) is 0 Å². The molecule has 0 atom stereocenters. The Kier molecular flexibility index (Phi) is 1.86. The molecule has 0 saturated carbocycles. The lowest BCUT2D eigenvalue weighted by molar-refractivity contribution is 0.374. The van der Waals surface area contributed by atoms with Gasteiger partial charge in [0.15, 0.2) is 5.76 Å². The summed E-state index contributed by atoms with van der Waals surface area (Å²) >= 11 is 1.54. The quantitative estimate of drug-likeness (QED) is 0.593. The molecule has 0 unspecified atom stereocenters. The predicted octanol–water partition coefficient (Wildman–Crippen LogP) is 4.30. The number of hydrogen-bond donors (Lipinski definition) is 0. The highest BCUT2D eigenvalue weighted by molar-refractivity contribution is 7.13. The number of benzene rings is 1. The standard InChI is InChI=1S/C12H7FOS/c13-12-9-5-2-1-4-8(9)11(14-12)10-6-3-7-15-10/h1-7H. The molecule has 0 saturated heterocycles. The maximum atomic E-state index is 13.4. The van der Waals surface area contributed by atoms with Crippen molar-refractivity contribution >= 4 is 22.1 Å². The van der Waals surface area contributed by atoms with Crippen LogP contribution in [0.4, 0.5) is 4.39 Å². The van der Waals surface area contributed by atoms with E-state index in [9.17, 15) is 4.39 Å². The Balaban J connectivity index is 2.37. The van der Waals surface area contributed by atoms with Crippen molar-refractivity contribution in [1.82, 2.24) is 0 Å². The van der Waals surface area contributed by atoms with Crippen molar-refractivity contribution in [3.8, 4) is 10.6 Å². The van der Waals surface area contributed by atoms with Gasteiger partial charge in [0.1, 0.15) is 0 Å². The minimum Gasteiger partial charge on any atom is -0.429 e. The second kappa shape index (κ2) is 3.21. The number of rotatable bonds is 1. The molecular formula is C12H7FOS. The fraction of sp³-hybridized carbons (Fsp3) is 0. The minimum atomic E-state index is -0.506. The van der Waals surface area contributed by atoms with E-state index in [1.807, 2.05) is 29.6 Å². The molecule has 0 radical (unpaired) electrons. The van der Waals surface area contributed by atoms with Crippen LogP contribution in [-0.2, 0) is 0 Å². The summed E-state index contributed by atoms with van der Waals surface area (Å²) in [6.45, 7) is 0. The topological polar surface area (TPSA) is 13.1 Å². The molecule has 0 spiro atoms. The summed E-state index contributed by atoms with van der Waals surface area (Å²) in [6, 6.07) is 10.6. The lowest BCUT2D eigenvalue weighted by Gasteiger charge is -1.90. The molecule has 3 aromatic rings. The highest BCUT2D eigenvalue weighted by Crippen LogP contribution is 2.35. The van der Waals surface area contributed by atoms with Crippen LogP contribution in [0.25, 0.3) is 21.4 Å². The zero-order valence-electron chi connectivity index (χ0n) is 7.74. The first-order valence-corrected chi connectivity index (χ1v) is 5.45. The van der Waals surface area contributed by atoms with Gasteiger partial charge in [0.05, 0.1) is 10.3 Å². The highest BCUT2D eigenvalue weighted by Gasteiger charge is 2.14. The molecule has 0 aliphatic carbocycles. The van der Waals surface area contributed by atoms with E-state index in [0.717, 1.165) is 10.3 Å². The van der Waals surface area contributed by atoms with Crippen LogP contribution in [-0.4, -0.2) is 0 Å². The molecule has 1 nitrogen and oxygen atoms in total. The Morgan fingerprint density at radius 2 is 1.80 bits per heavy atom. The maximum absolute atomic E-state index is 13.4. The van der Waals surface area contributed by atoms with Crippen molar-refractivity contribution in [2.45, 2.75) is 0 Å². The maximum Gasteiger partial charge on any atom is 0.286 e. The van der Waals surface area contributed by atoms with E-state index in [0.29, 0.717) is 11.1 Å². The van der Waals surface area contributed by atoms with Crippen LogP contribution in [0, 0.1) is 6.01 Å². The summed E-state index contributed by atoms with van der Waals surface area (Å²) in [6.07, 6.45) is 0. The molecule has 1 aromatic carbocycles. The Hall–Kier alpha value is -1.61. The van der Waals surface area contributed by atoms with Gasteiger partial charge in [-0.15, -0.1) is 11.3 Å². The third-order valence-electron chi connectivity index (χ3n) is 2.32. The monoisotopic (exact) mass is 218 g/mol. The van der Waals surface area contributed by atoms with E-state index >= 15 is 0 Å². The van der Waals surface area contributed by atoms with Crippen molar-refractivity contribution in [1.29, 1.82) is 0 Å². The van der Waals surface area contributed by atoms with Crippen LogP contribution in [0.1, 0.15) is 0 Å². The zero-order chi connectivity index (χ0) is 10.3. The van der Waals surface area contributed by atoms with Crippen LogP contribution in [0.2, 0.25) is 0 Å². The van der Waals surface area contributed by atoms with Gasteiger partial charge in [0, 0.05) is 5.39 Å². The molecule has 2 heterocycles. The number of fused-ring (bicyclic) bond motifs is 1. The lowest BCUT2D eigenvalue weighted by atomic mass is 10.2. The van der Waals surface area contributed by atoms with E-state index in [2.05, 4.69) is 0 Å². The first-order valence-electron chi connectivity index (χ1n) is 4.57. The summed E-state index contributed by atoms with van der Waals surface area (Å²) in [5.41, 5.74) is 0. The molecule has 0 bridgehead atoms. The van der Waals surface area contributed by atoms with Gasteiger partial charge in [-0.2, -0.15) is 4.39 Å². The molecule has 74 valence electrons. The van der Waals surface area contributed by atoms with Gasteiger partial charge >= 0.3 is 0 Å². The van der Waals surface area contributed by atoms with Crippen LogP contribution < -0.4 is 0 Å². The van der Waals surface area contributed by atoms with Crippen molar-refractivity contribution in [3.63, 3.8) is 0 Å². The molecule has 0 aliphatic heterocycles. The van der Waals surface area contributed by atoms with Gasteiger partial charge in [-0.05, 0) is 17.5 Å². The summed E-state index contributed by atoms with van der Waals surface area (Å²) in [5.74, 6) is 0.623. The fourth-order valence-corrected chi connectivity index (χ4v) is 2.36. The molecule has 0 fully saturated rings. The Morgan fingerprint density at radius 1 is 1.00 bits per heavy atom. The summed E-state index contributed by atoms with van der Waals surface area (Å²) in [7, 11) is 0. The minimum absolute atomic E-state index is 0.506. The number of thiophene rings is 1. The van der Waals surface area contributed by atoms with Crippen LogP contribution in [0.15, 0.2) is 46.2 Å². The first kappa shape index (κ1) is 8.68. The third-order valence-corrected chi connectivity index (χ3v) is 3.19. The predicted molar refractivity (Wildman–Crippen MR) is 59.5 cm³/mol. The number of hydrogen-bond acceptors (Lipinski definition) is 2. The SMILES string of the molecule is Fc1oc(-c2cccs2)c2ccccc12. The van der Waals surface area contributed by atoms with Crippen molar-refractivity contribution in [3.05, 3.63) is 47.8 Å². The van der Waals surface area contributed by atoms with Gasteiger partial charge < -0.3 is 4.42 Å². The summed E-state index contributed by atoms with van der Waals surface area (Å²) in [4.78, 5) is 0.954. The Labute approximate surface area is 89.8 Å². The summed E-state index contributed by atoms with van der Waals surface area (Å²) in [5, 5.41) is 3.32. The smallest absolute Gasteiger partial charge is 0.286 e. The lowest BCUT2D eigenvalue weighted by Crippen LogP contribution is -1.67. The van der Waals surface area contributed by atoms with Crippen LogP contribution in [0.3, 0.4) is 0 Å². The second-order valence-corrected chi connectivity index (χ2v) is 4.18.